The van der Waals surface area contributed by atoms with Crippen LogP contribution in [0.15, 0.2) is 24.5 Å². The molecule has 1 fully saturated rings. The second kappa shape index (κ2) is 6.04. The first kappa shape index (κ1) is 16.1. The van der Waals surface area contributed by atoms with Gasteiger partial charge in [-0.2, -0.15) is 5.10 Å². The summed E-state index contributed by atoms with van der Waals surface area (Å²) in [6.45, 7) is 7.10. The zero-order chi connectivity index (χ0) is 16.6. The molecule has 3 rings (SSSR count). The number of aromatic nitrogens is 2. The van der Waals surface area contributed by atoms with E-state index in [4.69, 9.17) is 16.3 Å². The molecular weight excluding hydrogens is 314 g/mol. The van der Waals surface area contributed by atoms with Gasteiger partial charge in [0.25, 0.3) is 0 Å². The number of rotatable bonds is 1. The molecule has 0 radical (unpaired) electrons. The van der Waals surface area contributed by atoms with Crippen molar-refractivity contribution in [2.24, 2.45) is 0 Å². The van der Waals surface area contributed by atoms with Crippen LogP contribution >= 0.6 is 11.6 Å². The van der Waals surface area contributed by atoms with Gasteiger partial charge < -0.3 is 9.64 Å². The Labute approximate surface area is 141 Å². The van der Waals surface area contributed by atoms with Gasteiger partial charge in [0, 0.05) is 24.8 Å². The molecule has 0 N–H and O–H groups in total. The van der Waals surface area contributed by atoms with Crippen molar-refractivity contribution in [2.75, 3.05) is 13.1 Å². The first-order valence-electron chi connectivity index (χ1n) is 7.94. The normalized spacial score (nSPS) is 16.8. The minimum Gasteiger partial charge on any atom is -0.444 e. The van der Waals surface area contributed by atoms with E-state index in [0.29, 0.717) is 24.0 Å². The smallest absolute Gasteiger partial charge is 0.410 e. The summed E-state index contributed by atoms with van der Waals surface area (Å²) in [6.07, 6.45) is 5.35. The van der Waals surface area contributed by atoms with E-state index >= 15 is 0 Å². The van der Waals surface area contributed by atoms with Crippen LogP contribution in [0.5, 0.6) is 0 Å². The minimum atomic E-state index is -0.449. The van der Waals surface area contributed by atoms with E-state index in [0.717, 1.165) is 18.4 Å². The molecule has 1 saturated heterocycles. The van der Waals surface area contributed by atoms with Gasteiger partial charge in [-0.1, -0.05) is 11.6 Å². The maximum absolute atomic E-state index is 12.1. The Balaban J connectivity index is 1.67. The fourth-order valence-electron chi connectivity index (χ4n) is 2.99. The van der Waals surface area contributed by atoms with Gasteiger partial charge in [0.15, 0.2) is 0 Å². The summed E-state index contributed by atoms with van der Waals surface area (Å²) in [6, 6.07) is 3.89. The van der Waals surface area contributed by atoms with E-state index in [2.05, 4.69) is 5.10 Å². The number of halogens is 1. The zero-order valence-corrected chi connectivity index (χ0v) is 14.5. The first-order chi connectivity index (χ1) is 10.8. The van der Waals surface area contributed by atoms with Crippen LogP contribution in [-0.4, -0.2) is 39.3 Å². The van der Waals surface area contributed by atoms with Crippen molar-refractivity contribution < 1.29 is 9.53 Å². The molecule has 124 valence electrons. The number of carbonyl (C=O) groups is 1. The molecule has 3 heterocycles. The quantitative estimate of drug-likeness (QED) is 0.788. The van der Waals surface area contributed by atoms with Crippen LogP contribution in [0.2, 0.25) is 5.02 Å². The van der Waals surface area contributed by atoms with Crippen molar-refractivity contribution in [1.29, 1.82) is 0 Å². The number of carbonyl (C=O) groups excluding carboxylic acids is 1. The molecule has 1 aliphatic rings. The van der Waals surface area contributed by atoms with Crippen molar-refractivity contribution in [3.63, 3.8) is 0 Å². The number of piperidine rings is 1. The van der Waals surface area contributed by atoms with E-state index in [-0.39, 0.29) is 6.09 Å². The van der Waals surface area contributed by atoms with Crippen LogP contribution in [0.3, 0.4) is 0 Å². The highest BCUT2D eigenvalue weighted by Gasteiger charge is 2.28. The van der Waals surface area contributed by atoms with Gasteiger partial charge in [0.05, 0.1) is 16.7 Å². The molecule has 0 unspecified atom stereocenters. The maximum atomic E-state index is 12.1. The van der Waals surface area contributed by atoms with Crippen LogP contribution in [0, 0.1) is 0 Å². The Bertz CT molecular complexity index is 712. The van der Waals surface area contributed by atoms with Crippen LogP contribution in [-0.2, 0) is 4.74 Å². The molecule has 23 heavy (non-hydrogen) atoms. The fourth-order valence-corrected chi connectivity index (χ4v) is 3.15. The lowest BCUT2D eigenvalue weighted by Crippen LogP contribution is -2.41. The van der Waals surface area contributed by atoms with Gasteiger partial charge in [-0.3, -0.25) is 0 Å². The van der Waals surface area contributed by atoms with Crippen LogP contribution in [0.25, 0.3) is 5.52 Å². The number of hydrogen-bond donors (Lipinski definition) is 0. The molecule has 0 atom stereocenters. The maximum Gasteiger partial charge on any atom is 0.410 e. The molecule has 6 heteroatoms. The topological polar surface area (TPSA) is 46.8 Å². The van der Waals surface area contributed by atoms with Gasteiger partial charge >= 0.3 is 6.09 Å². The summed E-state index contributed by atoms with van der Waals surface area (Å²) in [5.41, 5.74) is 1.87. The largest absolute Gasteiger partial charge is 0.444 e. The zero-order valence-electron chi connectivity index (χ0n) is 13.8. The average Bonchev–Trinajstić information content (AvgIpc) is 2.88. The first-order valence-corrected chi connectivity index (χ1v) is 8.32. The minimum absolute atomic E-state index is 0.220. The Morgan fingerprint density at radius 3 is 2.65 bits per heavy atom. The predicted molar refractivity (Wildman–Crippen MR) is 90.0 cm³/mol. The predicted octanol–water partition coefficient (Wildman–Crippen LogP) is 4.10. The van der Waals surface area contributed by atoms with Crippen molar-refractivity contribution in [1.82, 2.24) is 14.5 Å². The number of pyridine rings is 1. The van der Waals surface area contributed by atoms with Gasteiger partial charge in [-0.15, -0.1) is 0 Å². The van der Waals surface area contributed by atoms with Crippen LogP contribution in [0.1, 0.15) is 45.1 Å². The Morgan fingerprint density at radius 2 is 2.00 bits per heavy atom. The number of ether oxygens (including phenoxy) is 1. The highest BCUT2D eigenvalue weighted by molar-refractivity contribution is 6.30. The molecule has 5 nitrogen and oxygen atoms in total. The van der Waals surface area contributed by atoms with Crippen molar-refractivity contribution >= 4 is 23.2 Å². The van der Waals surface area contributed by atoms with E-state index in [1.807, 2.05) is 49.8 Å². The van der Waals surface area contributed by atoms with Gasteiger partial charge in [0.1, 0.15) is 5.60 Å². The van der Waals surface area contributed by atoms with E-state index in [9.17, 15) is 4.79 Å². The second-order valence-corrected chi connectivity index (χ2v) is 7.46. The Morgan fingerprint density at radius 1 is 1.30 bits per heavy atom. The highest BCUT2D eigenvalue weighted by Crippen LogP contribution is 2.31. The molecular formula is C17H22ClN3O2. The van der Waals surface area contributed by atoms with Gasteiger partial charge in [0.2, 0.25) is 0 Å². The SMILES string of the molecule is CC(C)(C)OC(=O)N1CCC(c2cnn3cc(Cl)ccc23)CC1. The fraction of sp³-hybridized carbons (Fsp3) is 0.529. The van der Waals surface area contributed by atoms with E-state index < -0.39 is 5.60 Å². The third-order valence-electron chi connectivity index (χ3n) is 4.10. The lowest BCUT2D eigenvalue weighted by atomic mass is 9.90. The molecule has 0 bridgehead atoms. The molecule has 0 spiro atoms. The third-order valence-corrected chi connectivity index (χ3v) is 4.32. The van der Waals surface area contributed by atoms with Gasteiger partial charge in [-0.05, 0) is 51.7 Å². The van der Waals surface area contributed by atoms with E-state index in [1.165, 1.54) is 5.56 Å². The van der Waals surface area contributed by atoms with Crippen molar-refractivity contribution in [3.8, 4) is 0 Å². The second-order valence-electron chi connectivity index (χ2n) is 7.02. The molecule has 2 aromatic rings. The molecule has 0 aliphatic carbocycles. The lowest BCUT2D eigenvalue weighted by molar-refractivity contribution is 0.0205. The summed E-state index contributed by atoms with van der Waals surface area (Å²) < 4.78 is 7.26. The number of amides is 1. The van der Waals surface area contributed by atoms with Crippen LogP contribution < -0.4 is 0 Å². The summed E-state index contributed by atoms with van der Waals surface area (Å²) in [4.78, 5) is 13.9. The van der Waals surface area contributed by atoms with Crippen molar-refractivity contribution in [2.45, 2.75) is 45.1 Å². The summed E-state index contributed by atoms with van der Waals surface area (Å²) >= 11 is 6.00. The standard InChI is InChI=1S/C17H22ClN3O2/c1-17(2,3)23-16(22)20-8-6-12(7-9-20)14-10-19-21-11-13(18)4-5-15(14)21/h4-5,10-12H,6-9H2,1-3H3. The monoisotopic (exact) mass is 335 g/mol. The highest BCUT2D eigenvalue weighted by atomic mass is 35.5. The molecule has 1 aliphatic heterocycles. The number of nitrogens with zero attached hydrogens (tertiary/aromatic N) is 3. The van der Waals surface area contributed by atoms with Crippen LogP contribution in [0.4, 0.5) is 4.79 Å². The lowest BCUT2D eigenvalue weighted by Gasteiger charge is -2.33. The van der Waals surface area contributed by atoms with Crippen molar-refractivity contribution in [3.05, 3.63) is 35.1 Å². The number of hydrogen-bond acceptors (Lipinski definition) is 3. The summed E-state index contributed by atoms with van der Waals surface area (Å²) in [5.74, 6) is 0.410. The Kier molecular flexibility index (Phi) is 4.23. The average molecular weight is 336 g/mol. The number of likely N-dealkylation sites (tertiary alicyclic amines) is 1. The van der Waals surface area contributed by atoms with E-state index in [1.54, 1.807) is 4.90 Å². The summed E-state index contributed by atoms with van der Waals surface area (Å²) in [7, 11) is 0. The number of fused-ring (bicyclic) bond motifs is 1. The molecule has 1 amide bonds. The Hall–Kier alpha value is -1.75. The summed E-state index contributed by atoms with van der Waals surface area (Å²) in [5, 5.41) is 5.06. The van der Waals surface area contributed by atoms with Gasteiger partial charge in [-0.25, -0.2) is 9.31 Å². The molecule has 2 aromatic heterocycles. The third kappa shape index (κ3) is 3.61. The molecule has 0 aromatic carbocycles. The molecule has 0 saturated carbocycles.